The van der Waals surface area contributed by atoms with Crippen LogP contribution >= 0.6 is 0 Å². The first-order chi connectivity index (χ1) is 7.69. The molecule has 0 saturated heterocycles. The van der Waals surface area contributed by atoms with E-state index in [1.807, 2.05) is 0 Å². The smallest absolute Gasteiger partial charge is 0.148 e. The molecule has 5 heteroatoms. The minimum Gasteiger partial charge on any atom is -0.495 e. The van der Waals surface area contributed by atoms with Gasteiger partial charge in [0.1, 0.15) is 11.6 Å². The normalized spacial score (nSPS) is 10.2. The predicted molar refractivity (Wildman–Crippen MR) is 62.2 cm³/mol. The lowest BCUT2D eigenvalue weighted by Gasteiger charge is -2.10. The van der Waals surface area contributed by atoms with Gasteiger partial charge in [0.2, 0.25) is 0 Å². The van der Waals surface area contributed by atoms with Crippen molar-refractivity contribution in [2.75, 3.05) is 31.3 Å². The lowest BCUT2D eigenvalue weighted by Crippen LogP contribution is -2.05. The van der Waals surface area contributed by atoms with E-state index in [1.165, 1.54) is 19.2 Å². The molecular weight excluding hydrogens is 211 g/mol. The Labute approximate surface area is 94.2 Å². The molecule has 0 aliphatic carbocycles. The molecule has 0 bridgehead atoms. The summed E-state index contributed by atoms with van der Waals surface area (Å²) in [5.74, 6) is 0.0494. The molecule has 0 spiro atoms. The van der Waals surface area contributed by atoms with Crippen LogP contribution in [0.1, 0.15) is 12.8 Å². The van der Waals surface area contributed by atoms with Gasteiger partial charge in [-0.05, 0) is 12.8 Å². The monoisotopic (exact) mass is 228 g/mol. The van der Waals surface area contributed by atoms with Crippen LogP contribution in [0.2, 0.25) is 0 Å². The third-order valence-corrected chi connectivity index (χ3v) is 2.22. The van der Waals surface area contributed by atoms with Gasteiger partial charge in [-0.1, -0.05) is 0 Å². The first kappa shape index (κ1) is 12.6. The number of nitrogen functional groups attached to an aromatic ring is 1. The van der Waals surface area contributed by atoms with Gasteiger partial charge in [0.05, 0.1) is 18.5 Å². The molecule has 1 aromatic rings. The van der Waals surface area contributed by atoms with E-state index in [0.29, 0.717) is 24.4 Å². The van der Waals surface area contributed by atoms with Gasteiger partial charge in [0.15, 0.2) is 0 Å². The molecule has 0 heterocycles. The minimum absolute atomic E-state index is 0.148. The standard InChI is InChI=1S/C11H17FN2O2/c1-16-11-7-10(8(12)6-9(11)13)14-4-2-3-5-15/h6-7,14-15H,2-5,13H2,1H3. The van der Waals surface area contributed by atoms with Crippen molar-refractivity contribution in [3.63, 3.8) is 0 Å². The second kappa shape index (κ2) is 6.17. The molecule has 0 unspecified atom stereocenters. The summed E-state index contributed by atoms with van der Waals surface area (Å²) < 4.78 is 18.4. The molecule has 0 aliphatic rings. The minimum atomic E-state index is -0.401. The molecule has 0 aromatic heterocycles. The maximum Gasteiger partial charge on any atom is 0.148 e. The average Bonchev–Trinajstić information content (AvgIpc) is 2.27. The van der Waals surface area contributed by atoms with Crippen molar-refractivity contribution in [2.45, 2.75) is 12.8 Å². The van der Waals surface area contributed by atoms with Crippen LogP contribution in [0.3, 0.4) is 0 Å². The highest BCUT2D eigenvalue weighted by molar-refractivity contribution is 5.62. The number of benzene rings is 1. The number of hydrogen-bond donors (Lipinski definition) is 3. The van der Waals surface area contributed by atoms with Crippen LogP contribution in [0, 0.1) is 5.82 Å². The van der Waals surface area contributed by atoms with E-state index in [4.69, 9.17) is 15.6 Å². The number of rotatable bonds is 6. The highest BCUT2D eigenvalue weighted by Crippen LogP contribution is 2.28. The largest absolute Gasteiger partial charge is 0.495 e. The Morgan fingerprint density at radius 1 is 1.44 bits per heavy atom. The Kier molecular flexibility index (Phi) is 4.85. The summed E-state index contributed by atoms with van der Waals surface area (Å²) >= 11 is 0. The highest BCUT2D eigenvalue weighted by Gasteiger charge is 2.07. The molecular formula is C11H17FN2O2. The third kappa shape index (κ3) is 3.27. The Bertz CT molecular complexity index is 345. The summed E-state index contributed by atoms with van der Waals surface area (Å²) in [6.07, 6.45) is 1.48. The molecule has 0 aliphatic heterocycles. The number of ether oxygens (including phenoxy) is 1. The molecule has 0 atom stereocenters. The summed E-state index contributed by atoms with van der Waals surface area (Å²) in [6, 6.07) is 2.76. The van der Waals surface area contributed by atoms with Crippen molar-refractivity contribution in [3.8, 4) is 5.75 Å². The van der Waals surface area contributed by atoms with Crippen molar-refractivity contribution in [1.82, 2.24) is 0 Å². The average molecular weight is 228 g/mol. The number of halogens is 1. The van der Waals surface area contributed by atoms with Crippen LogP contribution in [0.15, 0.2) is 12.1 Å². The lowest BCUT2D eigenvalue weighted by atomic mass is 10.2. The van der Waals surface area contributed by atoms with Crippen LogP contribution in [0.25, 0.3) is 0 Å². The zero-order valence-corrected chi connectivity index (χ0v) is 9.29. The molecule has 0 radical (unpaired) electrons. The van der Waals surface area contributed by atoms with Gasteiger partial charge in [0, 0.05) is 25.3 Å². The second-order valence-electron chi connectivity index (χ2n) is 3.43. The summed E-state index contributed by atoms with van der Waals surface area (Å²) in [4.78, 5) is 0. The molecule has 0 saturated carbocycles. The van der Waals surface area contributed by atoms with Gasteiger partial charge >= 0.3 is 0 Å². The SMILES string of the molecule is COc1cc(NCCCCO)c(F)cc1N. The zero-order chi connectivity index (χ0) is 12.0. The van der Waals surface area contributed by atoms with Crippen molar-refractivity contribution in [3.05, 3.63) is 17.9 Å². The molecule has 0 amide bonds. The fourth-order valence-corrected chi connectivity index (χ4v) is 1.34. The van der Waals surface area contributed by atoms with Gasteiger partial charge in [-0.25, -0.2) is 4.39 Å². The molecule has 1 aromatic carbocycles. The van der Waals surface area contributed by atoms with Crippen molar-refractivity contribution < 1.29 is 14.2 Å². The number of hydrogen-bond acceptors (Lipinski definition) is 4. The summed E-state index contributed by atoms with van der Waals surface area (Å²) in [6.45, 7) is 0.750. The maximum absolute atomic E-state index is 13.4. The van der Waals surface area contributed by atoms with Crippen molar-refractivity contribution in [2.24, 2.45) is 0 Å². The topological polar surface area (TPSA) is 67.5 Å². The van der Waals surface area contributed by atoms with Crippen LogP contribution in [-0.2, 0) is 0 Å². The highest BCUT2D eigenvalue weighted by atomic mass is 19.1. The van der Waals surface area contributed by atoms with Gasteiger partial charge in [-0.3, -0.25) is 0 Å². The Morgan fingerprint density at radius 2 is 2.19 bits per heavy atom. The Hall–Kier alpha value is -1.49. The fourth-order valence-electron chi connectivity index (χ4n) is 1.34. The van der Waals surface area contributed by atoms with Crippen LogP contribution in [-0.4, -0.2) is 25.4 Å². The van der Waals surface area contributed by atoms with Crippen LogP contribution < -0.4 is 15.8 Å². The fraction of sp³-hybridized carbons (Fsp3) is 0.455. The van der Waals surface area contributed by atoms with E-state index < -0.39 is 5.82 Å². The quantitative estimate of drug-likeness (QED) is 0.511. The zero-order valence-electron chi connectivity index (χ0n) is 9.29. The second-order valence-corrected chi connectivity index (χ2v) is 3.43. The van der Waals surface area contributed by atoms with E-state index in [0.717, 1.165) is 6.42 Å². The number of nitrogens with two attached hydrogens (primary N) is 1. The van der Waals surface area contributed by atoms with Crippen LogP contribution in [0.4, 0.5) is 15.8 Å². The molecule has 4 nitrogen and oxygen atoms in total. The number of aliphatic hydroxyl groups excluding tert-OH is 1. The van der Waals surface area contributed by atoms with E-state index in [2.05, 4.69) is 5.32 Å². The van der Waals surface area contributed by atoms with Crippen molar-refractivity contribution in [1.29, 1.82) is 0 Å². The molecule has 1 rings (SSSR count). The van der Waals surface area contributed by atoms with Crippen LogP contribution in [0.5, 0.6) is 5.75 Å². The number of unbranched alkanes of at least 4 members (excludes halogenated alkanes) is 1. The third-order valence-electron chi connectivity index (χ3n) is 2.22. The molecule has 90 valence electrons. The van der Waals surface area contributed by atoms with E-state index in [-0.39, 0.29) is 12.3 Å². The summed E-state index contributed by atoms with van der Waals surface area (Å²) in [7, 11) is 1.49. The van der Waals surface area contributed by atoms with Gasteiger partial charge in [0.25, 0.3) is 0 Å². The summed E-state index contributed by atoms with van der Waals surface area (Å²) in [5.41, 5.74) is 6.19. The lowest BCUT2D eigenvalue weighted by molar-refractivity contribution is 0.286. The molecule has 0 fully saturated rings. The number of aliphatic hydroxyl groups is 1. The van der Waals surface area contributed by atoms with Gasteiger partial charge < -0.3 is 20.9 Å². The van der Waals surface area contributed by atoms with Gasteiger partial charge in [-0.15, -0.1) is 0 Å². The molecule has 16 heavy (non-hydrogen) atoms. The van der Waals surface area contributed by atoms with E-state index in [9.17, 15) is 4.39 Å². The molecule has 4 N–H and O–H groups in total. The Morgan fingerprint density at radius 3 is 2.81 bits per heavy atom. The van der Waals surface area contributed by atoms with Gasteiger partial charge in [-0.2, -0.15) is 0 Å². The first-order valence-corrected chi connectivity index (χ1v) is 5.16. The number of methoxy groups -OCH3 is 1. The number of anilines is 2. The predicted octanol–water partition coefficient (Wildman–Crippen LogP) is 1.60. The van der Waals surface area contributed by atoms with Crippen molar-refractivity contribution >= 4 is 11.4 Å². The van der Waals surface area contributed by atoms with E-state index in [1.54, 1.807) is 0 Å². The summed E-state index contributed by atoms with van der Waals surface area (Å²) in [5, 5.41) is 11.5. The first-order valence-electron chi connectivity index (χ1n) is 5.16. The van der Waals surface area contributed by atoms with E-state index >= 15 is 0 Å². The maximum atomic E-state index is 13.4. The number of nitrogens with one attached hydrogen (secondary N) is 1. The Balaban J connectivity index is 2.64.